The summed E-state index contributed by atoms with van der Waals surface area (Å²) in [6, 6.07) is 0. The molecule has 0 saturated carbocycles. The standard InChI is InChI=1S/C11H16O3/c1-9(12)10-7-5-3-2-4-6-8-14-11(10)13/h3,5,10H,2,4,6-8H2,1H3/b5-3+. The number of rotatable bonds is 1. The Labute approximate surface area is 84.1 Å². The minimum absolute atomic E-state index is 0.111. The molecule has 78 valence electrons. The first-order chi connectivity index (χ1) is 6.72. The number of Topliss-reactive ketones (excluding diaryl/α,β-unsaturated/α-hetero) is 1. The highest BCUT2D eigenvalue weighted by atomic mass is 16.5. The number of ketones is 1. The lowest BCUT2D eigenvalue weighted by molar-refractivity contribution is -0.151. The lowest BCUT2D eigenvalue weighted by atomic mass is 10.0. The molecule has 1 rings (SSSR count). The third-order valence-corrected chi connectivity index (χ3v) is 2.32. The quantitative estimate of drug-likeness (QED) is 0.365. The highest BCUT2D eigenvalue weighted by molar-refractivity contribution is 5.97. The molecule has 0 fully saturated rings. The summed E-state index contributed by atoms with van der Waals surface area (Å²) in [5.74, 6) is -1.08. The Morgan fingerprint density at radius 3 is 2.93 bits per heavy atom. The Bertz CT molecular complexity index is 243. The number of cyclic esters (lactones) is 1. The van der Waals surface area contributed by atoms with E-state index in [-0.39, 0.29) is 11.8 Å². The summed E-state index contributed by atoms with van der Waals surface area (Å²) in [6.45, 7) is 1.88. The van der Waals surface area contributed by atoms with Gasteiger partial charge in [-0.15, -0.1) is 0 Å². The molecule has 0 N–H and O–H groups in total. The molecule has 14 heavy (non-hydrogen) atoms. The van der Waals surface area contributed by atoms with E-state index >= 15 is 0 Å². The van der Waals surface area contributed by atoms with Gasteiger partial charge in [-0.05, 0) is 32.6 Å². The molecule has 3 nitrogen and oxygen atoms in total. The van der Waals surface area contributed by atoms with E-state index < -0.39 is 5.92 Å². The Morgan fingerprint density at radius 2 is 2.21 bits per heavy atom. The number of hydrogen-bond acceptors (Lipinski definition) is 3. The fourth-order valence-electron chi connectivity index (χ4n) is 1.42. The highest BCUT2D eigenvalue weighted by Gasteiger charge is 2.23. The van der Waals surface area contributed by atoms with Crippen LogP contribution in [-0.4, -0.2) is 18.4 Å². The molecule has 0 spiro atoms. The second-order valence-electron chi connectivity index (χ2n) is 3.53. The molecule has 1 heterocycles. The molecule has 0 saturated heterocycles. The van der Waals surface area contributed by atoms with Crippen LogP contribution in [0.3, 0.4) is 0 Å². The van der Waals surface area contributed by atoms with Crippen LogP contribution in [0.1, 0.15) is 32.6 Å². The Balaban J connectivity index is 2.63. The highest BCUT2D eigenvalue weighted by Crippen LogP contribution is 2.11. The Hall–Kier alpha value is -1.12. The second kappa shape index (κ2) is 5.58. The molecule has 1 aliphatic heterocycles. The number of carbonyl (C=O) groups excluding carboxylic acids is 2. The van der Waals surface area contributed by atoms with Crippen molar-refractivity contribution in [3.05, 3.63) is 12.2 Å². The number of hydrogen-bond donors (Lipinski definition) is 0. The molecule has 0 bridgehead atoms. The summed E-state index contributed by atoms with van der Waals surface area (Å²) in [5, 5.41) is 0. The van der Waals surface area contributed by atoms with E-state index in [0.717, 1.165) is 19.3 Å². The minimum Gasteiger partial charge on any atom is -0.465 e. The van der Waals surface area contributed by atoms with Crippen LogP contribution in [0.2, 0.25) is 0 Å². The van der Waals surface area contributed by atoms with Gasteiger partial charge in [-0.3, -0.25) is 9.59 Å². The summed E-state index contributed by atoms with van der Waals surface area (Å²) in [7, 11) is 0. The predicted octanol–water partition coefficient (Wildman–Crippen LogP) is 1.86. The van der Waals surface area contributed by atoms with Crippen LogP contribution >= 0.6 is 0 Å². The molecule has 0 aromatic carbocycles. The zero-order valence-corrected chi connectivity index (χ0v) is 8.49. The van der Waals surface area contributed by atoms with Crippen LogP contribution in [0.5, 0.6) is 0 Å². The number of allylic oxidation sites excluding steroid dienone is 2. The van der Waals surface area contributed by atoms with Gasteiger partial charge in [-0.2, -0.15) is 0 Å². The zero-order chi connectivity index (χ0) is 10.4. The fraction of sp³-hybridized carbons (Fsp3) is 0.636. The van der Waals surface area contributed by atoms with E-state index in [1.165, 1.54) is 6.92 Å². The van der Waals surface area contributed by atoms with Crippen molar-refractivity contribution in [2.45, 2.75) is 32.6 Å². The first-order valence-corrected chi connectivity index (χ1v) is 5.04. The summed E-state index contributed by atoms with van der Waals surface area (Å²) >= 11 is 0. The maximum Gasteiger partial charge on any atom is 0.316 e. The van der Waals surface area contributed by atoms with Crippen molar-refractivity contribution in [3.8, 4) is 0 Å². The summed E-state index contributed by atoms with van der Waals surface area (Å²) < 4.78 is 5.00. The maximum atomic E-state index is 11.4. The normalized spacial score (nSPS) is 26.4. The smallest absolute Gasteiger partial charge is 0.316 e. The van der Waals surface area contributed by atoms with E-state index in [2.05, 4.69) is 0 Å². The van der Waals surface area contributed by atoms with Crippen molar-refractivity contribution < 1.29 is 14.3 Å². The van der Waals surface area contributed by atoms with Gasteiger partial charge in [0.25, 0.3) is 0 Å². The van der Waals surface area contributed by atoms with Gasteiger partial charge in [0.1, 0.15) is 11.7 Å². The molecule has 1 aliphatic rings. The van der Waals surface area contributed by atoms with Crippen molar-refractivity contribution >= 4 is 11.8 Å². The largest absolute Gasteiger partial charge is 0.465 e. The van der Waals surface area contributed by atoms with Crippen LogP contribution in [0.25, 0.3) is 0 Å². The molecule has 0 aliphatic carbocycles. The van der Waals surface area contributed by atoms with Crippen molar-refractivity contribution in [1.29, 1.82) is 0 Å². The third kappa shape index (κ3) is 3.32. The van der Waals surface area contributed by atoms with E-state index in [9.17, 15) is 9.59 Å². The molecule has 0 aromatic rings. The minimum atomic E-state index is -0.593. The van der Waals surface area contributed by atoms with E-state index in [4.69, 9.17) is 4.74 Å². The van der Waals surface area contributed by atoms with Gasteiger partial charge in [0.15, 0.2) is 0 Å². The Kier molecular flexibility index (Phi) is 4.36. The van der Waals surface area contributed by atoms with Crippen LogP contribution in [0, 0.1) is 5.92 Å². The molecule has 0 amide bonds. The molecule has 1 atom stereocenters. The van der Waals surface area contributed by atoms with Crippen LogP contribution < -0.4 is 0 Å². The monoisotopic (exact) mass is 196 g/mol. The second-order valence-corrected chi connectivity index (χ2v) is 3.53. The summed E-state index contributed by atoms with van der Waals surface area (Å²) in [6.07, 6.45) is 7.33. The summed E-state index contributed by atoms with van der Waals surface area (Å²) in [4.78, 5) is 22.5. The van der Waals surface area contributed by atoms with E-state index in [1.807, 2.05) is 12.2 Å². The molecular formula is C11H16O3. The van der Waals surface area contributed by atoms with Crippen LogP contribution in [0.4, 0.5) is 0 Å². The average molecular weight is 196 g/mol. The SMILES string of the molecule is CC(=O)C1C/C=C/CCCCOC1=O. The van der Waals surface area contributed by atoms with Gasteiger partial charge in [0, 0.05) is 0 Å². The van der Waals surface area contributed by atoms with Gasteiger partial charge in [0.2, 0.25) is 0 Å². The van der Waals surface area contributed by atoms with Crippen LogP contribution in [0.15, 0.2) is 12.2 Å². The molecule has 0 aromatic heterocycles. The fourth-order valence-corrected chi connectivity index (χ4v) is 1.42. The lowest BCUT2D eigenvalue weighted by Gasteiger charge is -2.12. The van der Waals surface area contributed by atoms with Crippen molar-refractivity contribution in [2.75, 3.05) is 6.61 Å². The van der Waals surface area contributed by atoms with Gasteiger partial charge in [-0.1, -0.05) is 12.2 Å². The van der Waals surface area contributed by atoms with Crippen molar-refractivity contribution in [3.63, 3.8) is 0 Å². The van der Waals surface area contributed by atoms with Gasteiger partial charge in [-0.25, -0.2) is 0 Å². The zero-order valence-electron chi connectivity index (χ0n) is 8.49. The maximum absolute atomic E-state index is 11.4. The molecule has 0 radical (unpaired) electrons. The van der Waals surface area contributed by atoms with Crippen molar-refractivity contribution in [2.24, 2.45) is 5.92 Å². The molecule has 1 unspecified atom stereocenters. The van der Waals surface area contributed by atoms with Gasteiger partial charge in [0.05, 0.1) is 6.61 Å². The van der Waals surface area contributed by atoms with E-state index in [0.29, 0.717) is 13.0 Å². The number of carbonyl (C=O) groups is 2. The van der Waals surface area contributed by atoms with Gasteiger partial charge < -0.3 is 4.74 Å². The topological polar surface area (TPSA) is 43.4 Å². The molecular weight excluding hydrogens is 180 g/mol. The van der Waals surface area contributed by atoms with Crippen LogP contribution in [-0.2, 0) is 14.3 Å². The average Bonchev–Trinajstić information content (AvgIpc) is 2.15. The first-order valence-electron chi connectivity index (χ1n) is 5.04. The predicted molar refractivity (Wildman–Crippen MR) is 52.7 cm³/mol. The number of ether oxygens (including phenoxy) is 1. The first kappa shape index (κ1) is 11.0. The van der Waals surface area contributed by atoms with Gasteiger partial charge >= 0.3 is 5.97 Å². The molecule has 3 heteroatoms. The summed E-state index contributed by atoms with van der Waals surface area (Å²) in [5.41, 5.74) is 0. The van der Waals surface area contributed by atoms with Crippen molar-refractivity contribution in [1.82, 2.24) is 0 Å². The Morgan fingerprint density at radius 1 is 1.43 bits per heavy atom. The lowest BCUT2D eigenvalue weighted by Crippen LogP contribution is -2.24. The number of esters is 1. The third-order valence-electron chi connectivity index (χ3n) is 2.32. The van der Waals surface area contributed by atoms with E-state index in [1.54, 1.807) is 0 Å².